The average molecular weight is 292 g/mol. The highest BCUT2D eigenvalue weighted by Crippen LogP contribution is 2.44. The van der Waals surface area contributed by atoms with E-state index in [1.54, 1.807) is 13.8 Å². The second-order valence-electron chi connectivity index (χ2n) is 5.46. The van der Waals surface area contributed by atoms with Crippen LogP contribution in [0.4, 0.5) is 0 Å². The Morgan fingerprint density at radius 1 is 1.44 bits per heavy atom. The molecule has 1 fully saturated rings. The number of hydrogen-bond donors (Lipinski definition) is 2. The molecule has 0 aromatic carbocycles. The molecule has 0 amide bonds. The standard InChI is InChI=1S/C11H18ClN3O2S/c1-6-10(7(2)14-13-6)18(16,17)15-9-5-8(12)11(9,3)4/h8-9,15H,5H2,1-4H3,(H,13,14). The quantitative estimate of drug-likeness (QED) is 0.833. The van der Waals surface area contributed by atoms with E-state index in [-0.39, 0.29) is 21.7 Å². The fraction of sp³-hybridized carbons (Fsp3) is 0.727. The summed E-state index contributed by atoms with van der Waals surface area (Å²) in [6.07, 6.45) is 0.656. The van der Waals surface area contributed by atoms with Gasteiger partial charge in [0.05, 0.1) is 11.4 Å². The fourth-order valence-corrected chi connectivity index (χ4v) is 4.36. The third kappa shape index (κ3) is 2.06. The monoisotopic (exact) mass is 291 g/mol. The van der Waals surface area contributed by atoms with Gasteiger partial charge < -0.3 is 0 Å². The van der Waals surface area contributed by atoms with Gasteiger partial charge in [-0.05, 0) is 25.7 Å². The van der Waals surface area contributed by atoms with Gasteiger partial charge in [-0.25, -0.2) is 13.1 Å². The van der Waals surface area contributed by atoms with E-state index < -0.39 is 10.0 Å². The molecule has 2 atom stereocenters. The summed E-state index contributed by atoms with van der Waals surface area (Å²) in [4.78, 5) is 0.247. The Morgan fingerprint density at radius 2 is 2.06 bits per heavy atom. The van der Waals surface area contributed by atoms with E-state index in [2.05, 4.69) is 14.9 Å². The van der Waals surface area contributed by atoms with Crippen molar-refractivity contribution in [3.63, 3.8) is 0 Å². The molecule has 1 saturated carbocycles. The maximum absolute atomic E-state index is 12.3. The molecule has 1 aliphatic carbocycles. The predicted octanol–water partition coefficient (Wildman–Crippen LogP) is 1.71. The number of rotatable bonds is 3. The normalized spacial score (nSPS) is 26.9. The maximum Gasteiger partial charge on any atom is 0.244 e. The number of alkyl halides is 1. The minimum absolute atomic E-state index is 0.0109. The molecule has 1 aliphatic rings. The van der Waals surface area contributed by atoms with Crippen molar-refractivity contribution in [1.82, 2.24) is 14.9 Å². The van der Waals surface area contributed by atoms with Crippen molar-refractivity contribution in [3.05, 3.63) is 11.4 Å². The fourth-order valence-electron chi connectivity index (χ4n) is 2.26. The van der Waals surface area contributed by atoms with Crippen LogP contribution in [-0.4, -0.2) is 30.0 Å². The number of aromatic nitrogens is 2. The van der Waals surface area contributed by atoms with Crippen molar-refractivity contribution in [2.45, 2.75) is 50.4 Å². The lowest BCUT2D eigenvalue weighted by atomic mass is 9.67. The third-order valence-corrected chi connectivity index (χ3v) is 6.25. The first-order valence-electron chi connectivity index (χ1n) is 5.84. The molecule has 0 aliphatic heterocycles. The molecule has 0 spiro atoms. The number of aryl methyl sites for hydroxylation is 2. The van der Waals surface area contributed by atoms with E-state index in [9.17, 15) is 8.42 Å². The van der Waals surface area contributed by atoms with Gasteiger partial charge in [-0.15, -0.1) is 11.6 Å². The maximum atomic E-state index is 12.3. The molecule has 2 unspecified atom stereocenters. The van der Waals surface area contributed by atoms with E-state index in [0.717, 1.165) is 0 Å². The largest absolute Gasteiger partial charge is 0.281 e. The molecule has 18 heavy (non-hydrogen) atoms. The summed E-state index contributed by atoms with van der Waals surface area (Å²) in [6.45, 7) is 7.31. The van der Waals surface area contributed by atoms with Crippen LogP contribution in [0.2, 0.25) is 0 Å². The second-order valence-corrected chi connectivity index (χ2v) is 7.64. The minimum atomic E-state index is -3.54. The highest BCUT2D eigenvalue weighted by Gasteiger charge is 2.49. The van der Waals surface area contributed by atoms with Gasteiger partial charge in [-0.1, -0.05) is 13.8 Å². The number of hydrogen-bond acceptors (Lipinski definition) is 3. The number of halogens is 1. The Hall–Kier alpha value is -0.590. The highest BCUT2D eigenvalue weighted by atomic mass is 35.5. The summed E-state index contributed by atoms with van der Waals surface area (Å²) >= 11 is 6.10. The zero-order valence-corrected chi connectivity index (χ0v) is 12.5. The zero-order chi connectivity index (χ0) is 13.7. The number of nitrogens with zero attached hydrogens (tertiary/aromatic N) is 1. The molecule has 2 rings (SSSR count). The second kappa shape index (κ2) is 4.21. The molecule has 7 heteroatoms. The molecule has 0 bridgehead atoms. The molecule has 0 saturated heterocycles. The molecule has 1 heterocycles. The zero-order valence-electron chi connectivity index (χ0n) is 10.9. The highest BCUT2D eigenvalue weighted by molar-refractivity contribution is 7.89. The Labute approximate surface area is 112 Å². The smallest absolute Gasteiger partial charge is 0.244 e. The van der Waals surface area contributed by atoms with Gasteiger partial charge in [0.25, 0.3) is 0 Å². The predicted molar refractivity (Wildman–Crippen MR) is 70.2 cm³/mol. The first kappa shape index (κ1) is 13.8. The first-order valence-corrected chi connectivity index (χ1v) is 7.76. The van der Waals surface area contributed by atoms with E-state index >= 15 is 0 Å². The van der Waals surface area contributed by atoms with Crippen LogP contribution in [-0.2, 0) is 10.0 Å². The van der Waals surface area contributed by atoms with E-state index in [1.165, 1.54) is 0 Å². The minimum Gasteiger partial charge on any atom is -0.281 e. The van der Waals surface area contributed by atoms with Crippen LogP contribution in [0.25, 0.3) is 0 Å². The Bertz CT molecular complexity index is 545. The van der Waals surface area contributed by atoms with Crippen molar-refractivity contribution in [3.8, 4) is 0 Å². The van der Waals surface area contributed by atoms with Crippen LogP contribution >= 0.6 is 11.6 Å². The van der Waals surface area contributed by atoms with Gasteiger partial charge in [-0.2, -0.15) is 5.10 Å². The Balaban J connectivity index is 2.25. The van der Waals surface area contributed by atoms with Crippen LogP contribution in [0.3, 0.4) is 0 Å². The van der Waals surface area contributed by atoms with Crippen molar-refractivity contribution in [2.24, 2.45) is 5.41 Å². The summed E-state index contributed by atoms with van der Waals surface area (Å²) in [7, 11) is -3.54. The van der Waals surface area contributed by atoms with Gasteiger partial charge in [0.15, 0.2) is 0 Å². The lowest BCUT2D eigenvalue weighted by molar-refractivity contribution is 0.137. The van der Waals surface area contributed by atoms with E-state index in [4.69, 9.17) is 11.6 Å². The molecular weight excluding hydrogens is 274 g/mol. The molecular formula is C11H18ClN3O2S. The summed E-state index contributed by atoms with van der Waals surface area (Å²) < 4.78 is 27.4. The number of H-pyrrole nitrogens is 1. The summed E-state index contributed by atoms with van der Waals surface area (Å²) in [6, 6.07) is -0.126. The summed E-state index contributed by atoms with van der Waals surface area (Å²) in [5, 5.41) is 6.61. The van der Waals surface area contributed by atoms with Gasteiger partial charge in [0, 0.05) is 11.4 Å². The molecule has 0 radical (unpaired) electrons. The van der Waals surface area contributed by atoms with Crippen molar-refractivity contribution in [1.29, 1.82) is 0 Å². The SMILES string of the molecule is Cc1n[nH]c(C)c1S(=O)(=O)NC1CC(Cl)C1(C)C. The molecule has 2 N–H and O–H groups in total. The number of sulfonamides is 1. The first-order chi connectivity index (χ1) is 8.16. The lowest BCUT2D eigenvalue weighted by Crippen LogP contribution is -2.59. The van der Waals surface area contributed by atoms with Crippen LogP contribution in [0.1, 0.15) is 31.7 Å². The third-order valence-electron chi connectivity index (χ3n) is 3.77. The molecule has 5 nitrogen and oxygen atoms in total. The van der Waals surface area contributed by atoms with Crippen molar-refractivity contribution < 1.29 is 8.42 Å². The summed E-state index contributed by atoms with van der Waals surface area (Å²) in [5.74, 6) is 0. The van der Waals surface area contributed by atoms with Gasteiger partial charge in [0.2, 0.25) is 10.0 Å². The average Bonchev–Trinajstić information content (AvgIpc) is 2.58. The van der Waals surface area contributed by atoms with Gasteiger partial charge >= 0.3 is 0 Å². The summed E-state index contributed by atoms with van der Waals surface area (Å²) in [5.41, 5.74) is 0.819. The molecule has 1 aromatic heterocycles. The van der Waals surface area contributed by atoms with Gasteiger partial charge in [-0.3, -0.25) is 5.10 Å². The van der Waals surface area contributed by atoms with Crippen LogP contribution in [0.5, 0.6) is 0 Å². The van der Waals surface area contributed by atoms with Crippen LogP contribution in [0, 0.1) is 19.3 Å². The number of nitrogens with one attached hydrogen (secondary N) is 2. The van der Waals surface area contributed by atoms with Crippen LogP contribution in [0.15, 0.2) is 4.90 Å². The van der Waals surface area contributed by atoms with Crippen LogP contribution < -0.4 is 4.72 Å². The number of aromatic amines is 1. The topological polar surface area (TPSA) is 74.8 Å². The Kier molecular flexibility index (Phi) is 3.24. The van der Waals surface area contributed by atoms with Crippen molar-refractivity contribution in [2.75, 3.05) is 0 Å². The van der Waals surface area contributed by atoms with Crippen molar-refractivity contribution >= 4 is 21.6 Å². The lowest BCUT2D eigenvalue weighted by Gasteiger charge is -2.48. The van der Waals surface area contributed by atoms with E-state index in [1.807, 2.05) is 13.8 Å². The van der Waals surface area contributed by atoms with E-state index in [0.29, 0.717) is 17.8 Å². The Morgan fingerprint density at radius 3 is 2.44 bits per heavy atom. The van der Waals surface area contributed by atoms with Gasteiger partial charge in [0.1, 0.15) is 4.90 Å². The molecule has 102 valence electrons. The molecule has 1 aromatic rings.